The van der Waals surface area contributed by atoms with Crippen molar-refractivity contribution in [3.05, 3.63) is 29.8 Å². The lowest BCUT2D eigenvalue weighted by Crippen LogP contribution is -2.54. The smallest absolute Gasteiger partial charge is 0.323 e. The predicted octanol–water partition coefficient (Wildman–Crippen LogP) is 2.18. The summed E-state index contributed by atoms with van der Waals surface area (Å²) in [6.07, 6.45) is 0.0970. The molecule has 0 spiro atoms. The van der Waals surface area contributed by atoms with Crippen LogP contribution in [0.5, 0.6) is 5.75 Å². The van der Waals surface area contributed by atoms with Gasteiger partial charge in [0.25, 0.3) is 0 Å². The number of hydrogen-bond donors (Lipinski definition) is 3. The summed E-state index contributed by atoms with van der Waals surface area (Å²) >= 11 is 0. The van der Waals surface area contributed by atoms with Crippen molar-refractivity contribution in [3.63, 3.8) is 0 Å². The van der Waals surface area contributed by atoms with Gasteiger partial charge in [-0.2, -0.15) is 0 Å². The summed E-state index contributed by atoms with van der Waals surface area (Å²) < 4.78 is 5.76. The molecule has 0 aliphatic carbocycles. The Morgan fingerprint density at radius 1 is 1.29 bits per heavy atom. The molecular weight excluding hydrogens is 270 g/mol. The molecule has 0 radical (unpaired) electrons. The molecule has 5 nitrogen and oxygen atoms in total. The average molecular weight is 295 g/mol. The van der Waals surface area contributed by atoms with Crippen molar-refractivity contribution in [2.24, 2.45) is 0 Å². The Labute approximate surface area is 125 Å². The van der Waals surface area contributed by atoms with Gasteiger partial charge in [-0.3, -0.25) is 10.1 Å². The van der Waals surface area contributed by atoms with Crippen LogP contribution < -0.4 is 10.1 Å². The van der Waals surface area contributed by atoms with Crippen molar-refractivity contribution < 1.29 is 19.7 Å². The first-order valence-electron chi connectivity index (χ1n) is 7.14. The number of ether oxygens (including phenoxy) is 1. The van der Waals surface area contributed by atoms with Crippen molar-refractivity contribution >= 4 is 5.97 Å². The van der Waals surface area contributed by atoms with Crippen LogP contribution in [0.2, 0.25) is 0 Å². The number of aliphatic hydroxyl groups excluding tert-OH is 1. The minimum absolute atomic E-state index is 0.00870. The highest BCUT2D eigenvalue weighted by Crippen LogP contribution is 2.20. The lowest BCUT2D eigenvalue weighted by molar-refractivity contribution is -0.145. The quantitative estimate of drug-likeness (QED) is 0.685. The Balaban J connectivity index is 2.68. The molecule has 2 unspecified atom stereocenters. The third-order valence-corrected chi connectivity index (χ3v) is 3.22. The van der Waals surface area contributed by atoms with Gasteiger partial charge < -0.3 is 14.9 Å². The maximum absolute atomic E-state index is 11.5. The van der Waals surface area contributed by atoms with E-state index in [0.29, 0.717) is 12.2 Å². The minimum atomic E-state index is -1.03. The molecule has 0 aromatic heterocycles. The number of aliphatic hydroxyl groups is 1. The van der Waals surface area contributed by atoms with Gasteiger partial charge in [0.1, 0.15) is 11.3 Å². The van der Waals surface area contributed by atoms with Crippen LogP contribution in [-0.2, 0) is 11.4 Å². The molecule has 0 aliphatic heterocycles. The number of carboxylic acid groups (broad SMARTS) is 1. The highest BCUT2D eigenvalue weighted by molar-refractivity contribution is 5.78. The molecule has 0 fully saturated rings. The summed E-state index contributed by atoms with van der Waals surface area (Å²) in [6, 6.07) is 7.18. The highest BCUT2D eigenvalue weighted by atomic mass is 16.5. The van der Waals surface area contributed by atoms with Gasteiger partial charge in [-0.25, -0.2) is 0 Å². The summed E-state index contributed by atoms with van der Waals surface area (Å²) in [6.45, 7) is 7.35. The summed E-state index contributed by atoms with van der Waals surface area (Å²) in [5.74, 6) is -0.223. The number of nitrogens with one attached hydrogen (secondary N) is 1. The van der Waals surface area contributed by atoms with Crippen LogP contribution in [0.1, 0.15) is 39.7 Å². The van der Waals surface area contributed by atoms with E-state index in [9.17, 15) is 9.90 Å². The third-order valence-electron chi connectivity index (χ3n) is 3.22. The fraction of sp³-hybridized carbons (Fsp3) is 0.562. The maximum Gasteiger partial charge on any atom is 0.323 e. The van der Waals surface area contributed by atoms with Crippen LogP contribution >= 0.6 is 0 Å². The predicted molar refractivity (Wildman–Crippen MR) is 81.4 cm³/mol. The van der Waals surface area contributed by atoms with Gasteiger partial charge in [0, 0.05) is 12.5 Å². The van der Waals surface area contributed by atoms with E-state index < -0.39 is 11.5 Å². The zero-order valence-corrected chi connectivity index (χ0v) is 13.1. The Morgan fingerprint density at radius 3 is 2.29 bits per heavy atom. The second kappa shape index (κ2) is 7.43. The topological polar surface area (TPSA) is 78.8 Å². The first-order chi connectivity index (χ1) is 9.76. The van der Waals surface area contributed by atoms with Gasteiger partial charge in [0.15, 0.2) is 0 Å². The molecule has 1 rings (SSSR count). The number of carboxylic acids is 1. The second-order valence-corrected chi connectivity index (χ2v) is 5.87. The SMILES string of the molecule is CC(C)NC(C)(CC(C)Oc1ccc(CO)cc1)C(=O)O. The Kier molecular flexibility index (Phi) is 6.18. The summed E-state index contributed by atoms with van der Waals surface area (Å²) in [5.41, 5.74) is -0.217. The largest absolute Gasteiger partial charge is 0.491 e. The van der Waals surface area contributed by atoms with Crippen molar-refractivity contribution in [1.82, 2.24) is 5.32 Å². The molecule has 2 atom stereocenters. The minimum Gasteiger partial charge on any atom is -0.491 e. The average Bonchev–Trinajstić information content (AvgIpc) is 2.38. The summed E-state index contributed by atoms with van der Waals surface area (Å²) in [5, 5.41) is 21.5. The van der Waals surface area contributed by atoms with Crippen LogP contribution in [0.15, 0.2) is 24.3 Å². The third kappa shape index (κ3) is 5.36. The maximum atomic E-state index is 11.5. The molecule has 0 bridgehead atoms. The standard InChI is InChI=1S/C16H25NO4/c1-11(2)17-16(4,15(19)20)9-12(3)21-14-7-5-13(10-18)6-8-14/h5-8,11-12,17-18H,9-10H2,1-4H3,(H,19,20). The fourth-order valence-electron chi connectivity index (χ4n) is 2.37. The number of hydrogen-bond acceptors (Lipinski definition) is 4. The fourth-order valence-corrected chi connectivity index (χ4v) is 2.37. The van der Waals surface area contributed by atoms with E-state index in [1.54, 1.807) is 31.2 Å². The molecule has 21 heavy (non-hydrogen) atoms. The Bertz CT molecular complexity index is 458. The Hall–Kier alpha value is -1.59. The molecule has 0 saturated heterocycles. The van der Waals surface area contributed by atoms with Gasteiger partial charge >= 0.3 is 5.97 Å². The summed E-state index contributed by atoms with van der Waals surface area (Å²) in [4.78, 5) is 11.5. The lowest BCUT2D eigenvalue weighted by Gasteiger charge is -2.31. The van der Waals surface area contributed by atoms with Gasteiger partial charge in [-0.15, -0.1) is 0 Å². The lowest BCUT2D eigenvalue weighted by atomic mass is 9.94. The van der Waals surface area contributed by atoms with E-state index in [0.717, 1.165) is 5.56 Å². The molecule has 0 heterocycles. The zero-order chi connectivity index (χ0) is 16.0. The molecule has 0 saturated carbocycles. The van der Waals surface area contributed by atoms with E-state index >= 15 is 0 Å². The first-order valence-corrected chi connectivity index (χ1v) is 7.14. The molecule has 0 aliphatic rings. The molecular formula is C16H25NO4. The molecule has 3 N–H and O–H groups in total. The van der Waals surface area contributed by atoms with E-state index in [2.05, 4.69) is 5.32 Å². The Morgan fingerprint density at radius 2 is 1.86 bits per heavy atom. The van der Waals surface area contributed by atoms with Gasteiger partial charge in [-0.1, -0.05) is 12.1 Å². The number of aliphatic carboxylic acids is 1. The van der Waals surface area contributed by atoms with Crippen LogP contribution in [0.25, 0.3) is 0 Å². The number of carbonyl (C=O) groups is 1. The molecule has 5 heteroatoms. The molecule has 0 amide bonds. The van der Waals surface area contributed by atoms with Crippen LogP contribution in [-0.4, -0.2) is 33.9 Å². The zero-order valence-electron chi connectivity index (χ0n) is 13.1. The van der Waals surface area contributed by atoms with Gasteiger partial charge in [-0.05, 0) is 45.4 Å². The van der Waals surface area contributed by atoms with Crippen LogP contribution in [0.4, 0.5) is 0 Å². The van der Waals surface area contributed by atoms with E-state index in [1.165, 1.54) is 0 Å². The van der Waals surface area contributed by atoms with Crippen molar-refractivity contribution in [2.75, 3.05) is 0 Å². The monoisotopic (exact) mass is 295 g/mol. The first kappa shape index (κ1) is 17.5. The van der Waals surface area contributed by atoms with Crippen molar-refractivity contribution in [1.29, 1.82) is 0 Å². The van der Waals surface area contributed by atoms with Gasteiger partial charge in [0.2, 0.25) is 0 Å². The van der Waals surface area contributed by atoms with Crippen molar-refractivity contribution in [2.45, 2.75) is 58.4 Å². The van der Waals surface area contributed by atoms with Crippen molar-refractivity contribution in [3.8, 4) is 5.75 Å². The van der Waals surface area contributed by atoms with E-state index in [1.807, 2.05) is 20.8 Å². The van der Waals surface area contributed by atoms with Crippen LogP contribution in [0, 0.1) is 0 Å². The normalized spacial score (nSPS) is 15.5. The summed E-state index contributed by atoms with van der Waals surface area (Å²) in [7, 11) is 0. The number of benzene rings is 1. The second-order valence-electron chi connectivity index (χ2n) is 5.87. The number of rotatable bonds is 8. The molecule has 1 aromatic carbocycles. The van der Waals surface area contributed by atoms with E-state index in [-0.39, 0.29) is 18.8 Å². The van der Waals surface area contributed by atoms with Crippen LogP contribution in [0.3, 0.4) is 0 Å². The highest BCUT2D eigenvalue weighted by Gasteiger charge is 2.35. The van der Waals surface area contributed by atoms with E-state index in [4.69, 9.17) is 9.84 Å². The van der Waals surface area contributed by atoms with Gasteiger partial charge in [0.05, 0.1) is 12.7 Å². The molecule has 118 valence electrons. The molecule has 1 aromatic rings.